The lowest BCUT2D eigenvalue weighted by Crippen LogP contribution is -2.39. The second kappa shape index (κ2) is 9.24. The Hall–Kier alpha value is -2.54. The Labute approximate surface area is 153 Å². The molecular weight excluding hydrogens is 332 g/mol. The summed E-state index contributed by atoms with van der Waals surface area (Å²) in [4.78, 5) is 26.1. The Morgan fingerprint density at radius 1 is 1.04 bits per heavy atom. The Balaban J connectivity index is 1.93. The predicted octanol–water partition coefficient (Wildman–Crippen LogP) is 1.000. The molecule has 0 aliphatic carbocycles. The first-order valence-electron chi connectivity index (χ1n) is 8.89. The molecule has 26 heavy (non-hydrogen) atoms. The Kier molecular flexibility index (Phi) is 7.03. The second-order valence-electron chi connectivity index (χ2n) is 6.38. The Bertz CT molecular complexity index is 824. The molecule has 2 N–H and O–H groups in total. The summed E-state index contributed by atoms with van der Waals surface area (Å²) in [7, 11) is 3.19. The normalized spacial score (nSPS) is 11.1. The van der Waals surface area contributed by atoms with Crippen LogP contribution in [0.25, 0.3) is 0 Å². The number of hydrogen-bond donors (Lipinski definition) is 1. The van der Waals surface area contributed by atoms with Gasteiger partial charge < -0.3 is 15.0 Å². The molecule has 0 aliphatic heterocycles. The van der Waals surface area contributed by atoms with Crippen molar-refractivity contribution in [3.05, 3.63) is 56.9 Å². The largest absolute Gasteiger partial charge is 0.492 e. The molecule has 0 unspecified atom stereocenters. The molecule has 2 rings (SSSR count). The molecule has 0 spiro atoms. The fraction of sp³-hybridized carbons (Fsp3) is 0.474. The van der Waals surface area contributed by atoms with Gasteiger partial charge in [-0.3, -0.25) is 14.3 Å². The number of benzene rings is 1. The predicted molar refractivity (Wildman–Crippen MR) is 104 cm³/mol. The summed E-state index contributed by atoms with van der Waals surface area (Å²) in [6, 6.07) is 8.88. The summed E-state index contributed by atoms with van der Waals surface area (Å²) in [6.45, 7) is 5.17. The molecule has 1 aromatic heterocycles. The van der Waals surface area contributed by atoms with Gasteiger partial charge in [0.2, 0.25) is 0 Å². The van der Waals surface area contributed by atoms with E-state index in [1.807, 2.05) is 24.3 Å². The van der Waals surface area contributed by atoms with Crippen molar-refractivity contribution >= 4 is 5.69 Å². The van der Waals surface area contributed by atoms with Crippen molar-refractivity contribution in [2.45, 2.75) is 19.8 Å². The third kappa shape index (κ3) is 5.23. The average Bonchev–Trinajstić information content (AvgIpc) is 2.63. The molecule has 7 nitrogen and oxygen atoms in total. The van der Waals surface area contributed by atoms with Crippen molar-refractivity contribution in [2.24, 2.45) is 14.1 Å². The lowest BCUT2D eigenvalue weighted by atomic mass is 10.2. The van der Waals surface area contributed by atoms with E-state index in [-0.39, 0.29) is 11.2 Å². The highest BCUT2D eigenvalue weighted by molar-refractivity contribution is 5.41. The molecule has 1 heterocycles. The zero-order valence-corrected chi connectivity index (χ0v) is 15.8. The number of aromatic nitrogens is 2. The van der Waals surface area contributed by atoms with Crippen molar-refractivity contribution in [2.75, 3.05) is 32.0 Å². The van der Waals surface area contributed by atoms with Crippen LogP contribution in [0.15, 0.2) is 39.9 Å². The first-order valence-corrected chi connectivity index (χ1v) is 8.89. The van der Waals surface area contributed by atoms with E-state index in [1.165, 1.54) is 17.7 Å². The van der Waals surface area contributed by atoms with Gasteiger partial charge in [-0.1, -0.05) is 6.92 Å². The molecule has 0 bridgehead atoms. The van der Waals surface area contributed by atoms with Crippen LogP contribution in [0.2, 0.25) is 0 Å². The van der Waals surface area contributed by atoms with E-state index in [2.05, 4.69) is 11.8 Å². The van der Waals surface area contributed by atoms with Crippen molar-refractivity contribution < 1.29 is 4.74 Å². The van der Waals surface area contributed by atoms with E-state index in [0.29, 0.717) is 18.7 Å². The van der Waals surface area contributed by atoms with Crippen molar-refractivity contribution in [1.82, 2.24) is 14.0 Å². The van der Waals surface area contributed by atoms with Gasteiger partial charge in [-0.05, 0) is 37.2 Å². The summed E-state index contributed by atoms with van der Waals surface area (Å²) >= 11 is 0. The molecule has 0 saturated heterocycles. The highest BCUT2D eigenvalue weighted by atomic mass is 16.5. The standard InChI is InChI=1S/C19H28N4O3/c1-4-10-23(12-13-26-17-7-5-15(20)6-8-17)11-9-16-14-18(24)22(3)19(25)21(16)2/h5-8,14H,4,9-13,20H2,1-3H3. The van der Waals surface area contributed by atoms with Gasteiger partial charge in [0.1, 0.15) is 12.4 Å². The van der Waals surface area contributed by atoms with Crippen LogP contribution in [0.3, 0.4) is 0 Å². The number of nitrogens with two attached hydrogens (primary N) is 1. The van der Waals surface area contributed by atoms with Gasteiger partial charge in [0.05, 0.1) is 0 Å². The molecule has 1 aromatic carbocycles. The van der Waals surface area contributed by atoms with Crippen LogP contribution < -0.4 is 21.7 Å². The van der Waals surface area contributed by atoms with E-state index >= 15 is 0 Å². The number of hydrogen-bond acceptors (Lipinski definition) is 5. The lowest BCUT2D eigenvalue weighted by Gasteiger charge is -2.22. The number of nitrogens with zero attached hydrogens (tertiary/aromatic N) is 3. The molecule has 0 atom stereocenters. The van der Waals surface area contributed by atoms with Crippen LogP contribution in [0.1, 0.15) is 19.0 Å². The van der Waals surface area contributed by atoms with Crippen LogP contribution in [0.5, 0.6) is 5.75 Å². The van der Waals surface area contributed by atoms with E-state index in [9.17, 15) is 9.59 Å². The number of anilines is 1. The first kappa shape index (κ1) is 19.8. The second-order valence-corrected chi connectivity index (χ2v) is 6.38. The van der Waals surface area contributed by atoms with Crippen LogP contribution in [-0.4, -0.2) is 40.3 Å². The van der Waals surface area contributed by atoms with E-state index in [1.54, 1.807) is 7.05 Å². The van der Waals surface area contributed by atoms with E-state index in [4.69, 9.17) is 10.5 Å². The minimum absolute atomic E-state index is 0.267. The van der Waals surface area contributed by atoms with Gasteiger partial charge in [0, 0.05) is 51.1 Å². The van der Waals surface area contributed by atoms with Gasteiger partial charge in [-0.15, -0.1) is 0 Å². The lowest BCUT2D eigenvalue weighted by molar-refractivity contribution is 0.209. The zero-order chi connectivity index (χ0) is 19.1. The molecule has 7 heteroatoms. The average molecular weight is 360 g/mol. The molecule has 0 radical (unpaired) electrons. The Morgan fingerprint density at radius 2 is 1.73 bits per heavy atom. The van der Waals surface area contributed by atoms with Crippen molar-refractivity contribution in [3.8, 4) is 5.75 Å². The maximum absolute atomic E-state index is 12.0. The monoisotopic (exact) mass is 360 g/mol. The van der Waals surface area contributed by atoms with Crippen LogP contribution >= 0.6 is 0 Å². The topological polar surface area (TPSA) is 82.5 Å². The minimum atomic E-state index is -0.291. The summed E-state index contributed by atoms with van der Waals surface area (Å²) in [5.41, 5.74) is 6.57. The third-order valence-corrected chi connectivity index (χ3v) is 4.41. The summed E-state index contributed by atoms with van der Waals surface area (Å²) in [6.07, 6.45) is 1.67. The van der Waals surface area contributed by atoms with Crippen molar-refractivity contribution in [3.63, 3.8) is 0 Å². The fourth-order valence-corrected chi connectivity index (χ4v) is 2.80. The molecule has 0 saturated carbocycles. The third-order valence-electron chi connectivity index (χ3n) is 4.41. The van der Waals surface area contributed by atoms with Gasteiger partial charge in [0.15, 0.2) is 0 Å². The van der Waals surface area contributed by atoms with Gasteiger partial charge in [0.25, 0.3) is 5.56 Å². The van der Waals surface area contributed by atoms with Crippen LogP contribution in [0, 0.1) is 0 Å². The van der Waals surface area contributed by atoms with E-state index in [0.717, 1.165) is 42.1 Å². The molecular formula is C19H28N4O3. The quantitative estimate of drug-likeness (QED) is 0.675. The van der Waals surface area contributed by atoms with E-state index < -0.39 is 0 Å². The summed E-state index contributed by atoms with van der Waals surface area (Å²) in [5.74, 6) is 0.796. The van der Waals surface area contributed by atoms with Gasteiger partial charge in [-0.2, -0.15) is 0 Å². The minimum Gasteiger partial charge on any atom is -0.492 e. The number of ether oxygens (including phenoxy) is 1. The highest BCUT2D eigenvalue weighted by Crippen LogP contribution is 2.13. The van der Waals surface area contributed by atoms with Gasteiger partial charge >= 0.3 is 5.69 Å². The van der Waals surface area contributed by atoms with Crippen LogP contribution in [-0.2, 0) is 20.5 Å². The van der Waals surface area contributed by atoms with Crippen LogP contribution in [0.4, 0.5) is 5.69 Å². The Morgan fingerprint density at radius 3 is 2.38 bits per heavy atom. The SMILES string of the molecule is CCCN(CCOc1ccc(N)cc1)CCc1cc(=O)n(C)c(=O)n1C. The summed E-state index contributed by atoms with van der Waals surface area (Å²) < 4.78 is 8.42. The maximum Gasteiger partial charge on any atom is 0.330 e. The maximum atomic E-state index is 12.0. The smallest absolute Gasteiger partial charge is 0.330 e. The summed E-state index contributed by atoms with van der Waals surface area (Å²) in [5, 5.41) is 0. The molecule has 0 aliphatic rings. The molecule has 0 fully saturated rings. The fourth-order valence-electron chi connectivity index (χ4n) is 2.80. The number of nitrogen functional groups attached to an aromatic ring is 1. The van der Waals surface area contributed by atoms with Gasteiger partial charge in [-0.25, -0.2) is 4.79 Å². The molecule has 142 valence electrons. The highest BCUT2D eigenvalue weighted by Gasteiger charge is 2.09. The molecule has 2 aromatic rings. The van der Waals surface area contributed by atoms with Crippen molar-refractivity contribution in [1.29, 1.82) is 0 Å². The number of rotatable bonds is 9. The zero-order valence-electron chi connectivity index (χ0n) is 15.8. The molecule has 0 amide bonds. The first-order chi connectivity index (χ1) is 12.4.